The van der Waals surface area contributed by atoms with Gasteiger partial charge in [-0.25, -0.2) is 13.2 Å². The van der Waals surface area contributed by atoms with Crippen molar-refractivity contribution in [3.8, 4) is 0 Å². The molecule has 1 aliphatic heterocycles. The van der Waals surface area contributed by atoms with E-state index in [1.54, 1.807) is 6.92 Å². The van der Waals surface area contributed by atoms with Crippen molar-refractivity contribution in [2.45, 2.75) is 56.2 Å². The Balaban J connectivity index is 1.61. The van der Waals surface area contributed by atoms with Crippen LogP contribution in [0.4, 0.5) is 5.00 Å². The minimum Gasteiger partial charge on any atom is -0.462 e. The van der Waals surface area contributed by atoms with Crippen LogP contribution in [-0.4, -0.2) is 43.8 Å². The Morgan fingerprint density at radius 2 is 2.06 bits per heavy atom. The monoisotopic (exact) mass is 516 g/mol. The summed E-state index contributed by atoms with van der Waals surface area (Å²) in [5, 5.41) is 3.33. The molecule has 0 spiro atoms. The lowest BCUT2D eigenvalue weighted by Gasteiger charge is -2.22. The van der Waals surface area contributed by atoms with Gasteiger partial charge in [-0.3, -0.25) is 4.79 Å². The highest BCUT2D eigenvalue weighted by atomic mass is 35.5. The number of thiophene rings is 2. The fourth-order valence-corrected chi connectivity index (χ4v) is 8.97. The largest absolute Gasteiger partial charge is 0.462 e. The third kappa shape index (κ3) is 4.48. The molecule has 0 saturated carbocycles. The van der Waals surface area contributed by atoms with E-state index in [4.69, 9.17) is 16.3 Å². The van der Waals surface area contributed by atoms with Gasteiger partial charge >= 0.3 is 5.97 Å². The Morgan fingerprint density at radius 3 is 2.75 bits per heavy atom. The number of fused-ring (bicyclic) bond motifs is 1. The number of hydrogen-bond donors (Lipinski definition) is 1. The molecule has 1 fully saturated rings. The van der Waals surface area contributed by atoms with Gasteiger partial charge in [0.1, 0.15) is 15.3 Å². The van der Waals surface area contributed by atoms with Gasteiger partial charge in [0.2, 0.25) is 5.91 Å². The molecule has 2 aliphatic rings. The maximum absolute atomic E-state index is 13.2. The van der Waals surface area contributed by atoms with Crippen LogP contribution >= 0.6 is 34.3 Å². The third-order valence-corrected chi connectivity index (χ3v) is 10.6. The van der Waals surface area contributed by atoms with E-state index in [1.807, 2.05) is 0 Å². The average Bonchev–Trinajstić information content (AvgIpc) is 3.45. The van der Waals surface area contributed by atoms with Crippen LogP contribution in [0.25, 0.3) is 0 Å². The van der Waals surface area contributed by atoms with E-state index < -0.39 is 27.9 Å². The summed E-state index contributed by atoms with van der Waals surface area (Å²) in [6, 6.07) is 2.16. The smallest absolute Gasteiger partial charge is 0.341 e. The topological polar surface area (TPSA) is 92.8 Å². The molecule has 2 atom stereocenters. The number of nitrogens with zero attached hydrogens (tertiary/aromatic N) is 1. The fourth-order valence-electron chi connectivity index (χ4n) is 4.30. The molecule has 7 nitrogen and oxygen atoms in total. The molecule has 0 aromatic carbocycles. The lowest BCUT2D eigenvalue weighted by molar-refractivity contribution is -0.119. The highest BCUT2D eigenvalue weighted by Gasteiger charge is 2.41. The zero-order valence-corrected chi connectivity index (χ0v) is 21.1. The van der Waals surface area contributed by atoms with E-state index in [-0.39, 0.29) is 17.4 Å². The van der Waals surface area contributed by atoms with Gasteiger partial charge in [-0.05, 0) is 62.6 Å². The molecule has 2 aromatic heterocycles. The summed E-state index contributed by atoms with van der Waals surface area (Å²) >= 11 is 8.30. The molecular weight excluding hydrogens is 492 g/mol. The van der Waals surface area contributed by atoms with Crippen LogP contribution in [0.5, 0.6) is 0 Å². The van der Waals surface area contributed by atoms with Crippen molar-refractivity contribution in [2.75, 3.05) is 18.5 Å². The highest BCUT2D eigenvalue weighted by Crippen LogP contribution is 2.41. The number of rotatable bonds is 6. The molecule has 2 unspecified atom stereocenters. The summed E-state index contributed by atoms with van der Waals surface area (Å²) in [5.41, 5.74) is 1.37. The molecule has 4 rings (SSSR count). The lowest BCUT2D eigenvalue weighted by Crippen LogP contribution is -2.42. The van der Waals surface area contributed by atoms with Gasteiger partial charge in [0, 0.05) is 11.4 Å². The van der Waals surface area contributed by atoms with Crippen molar-refractivity contribution in [3.05, 3.63) is 32.5 Å². The van der Waals surface area contributed by atoms with Crippen molar-refractivity contribution in [1.82, 2.24) is 4.31 Å². The number of sulfonamides is 1. The van der Waals surface area contributed by atoms with Gasteiger partial charge in [-0.1, -0.05) is 18.5 Å². The molecule has 1 saturated heterocycles. The Morgan fingerprint density at radius 1 is 1.28 bits per heavy atom. The summed E-state index contributed by atoms with van der Waals surface area (Å²) < 4.78 is 33.2. The second kappa shape index (κ2) is 9.42. The number of esters is 1. The van der Waals surface area contributed by atoms with E-state index >= 15 is 0 Å². The van der Waals surface area contributed by atoms with Gasteiger partial charge in [0.05, 0.1) is 16.5 Å². The van der Waals surface area contributed by atoms with Gasteiger partial charge < -0.3 is 10.1 Å². The predicted octanol–water partition coefficient (Wildman–Crippen LogP) is 4.56. The Hall–Kier alpha value is -1.46. The standard InChI is InChI=1S/C21H25ClN2O5S3/c1-3-29-21(26)18-13-7-6-12(2)11-15(13)30-20(18)23-19(25)14-5-4-10-24(14)32(27,28)17-9-8-16(22)31-17/h8-9,12,14H,3-7,10-11H2,1-2H3,(H,23,25). The van der Waals surface area contributed by atoms with Crippen molar-refractivity contribution in [3.63, 3.8) is 0 Å². The Bertz CT molecular complexity index is 1140. The lowest BCUT2D eigenvalue weighted by atomic mass is 9.88. The van der Waals surface area contributed by atoms with Crippen LogP contribution in [0.1, 0.15) is 53.9 Å². The van der Waals surface area contributed by atoms with Crippen molar-refractivity contribution in [2.24, 2.45) is 5.92 Å². The Labute approximate surface area is 200 Å². The van der Waals surface area contributed by atoms with Gasteiger partial charge in [-0.2, -0.15) is 4.31 Å². The van der Waals surface area contributed by atoms with E-state index in [0.717, 1.165) is 41.0 Å². The molecule has 1 aliphatic carbocycles. The number of hydrogen-bond acceptors (Lipinski definition) is 7. The van der Waals surface area contributed by atoms with Crippen LogP contribution in [0.3, 0.4) is 0 Å². The minimum absolute atomic E-state index is 0.120. The number of carbonyl (C=O) groups is 2. The normalized spacial score (nSPS) is 21.3. The number of anilines is 1. The number of halogens is 1. The third-order valence-electron chi connectivity index (χ3n) is 5.85. The predicted molar refractivity (Wildman–Crippen MR) is 126 cm³/mol. The number of nitrogens with one attached hydrogen (secondary N) is 1. The second-order valence-corrected chi connectivity index (χ2v) is 13.0. The molecule has 32 heavy (non-hydrogen) atoms. The summed E-state index contributed by atoms with van der Waals surface area (Å²) in [6.07, 6.45) is 3.59. The van der Waals surface area contributed by atoms with Crippen LogP contribution in [0, 0.1) is 5.92 Å². The molecule has 1 N–H and O–H groups in total. The van der Waals surface area contributed by atoms with E-state index in [0.29, 0.717) is 33.7 Å². The maximum Gasteiger partial charge on any atom is 0.341 e. The quantitative estimate of drug-likeness (QED) is 0.568. The van der Waals surface area contributed by atoms with Gasteiger partial charge in [0.15, 0.2) is 0 Å². The number of carbonyl (C=O) groups excluding carboxylic acids is 2. The van der Waals surface area contributed by atoms with Crippen molar-refractivity contribution < 1.29 is 22.7 Å². The summed E-state index contributed by atoms with van der Waals surface area (Å²) in [4.78, 5) is 27.0. The first-order chi connectivity index (χ1) is 15.2. The first-order valence-electron chi connectivity index (χ1n) is 10.6. The molecule has 0 radical (unpaired) electrons. The van der Waals surface area contributed by atoms with E-state index in [1.165, 1.54) is 27.8 Å². The minimum atomic E-state index is -3.83. The van der Waals surface area contributed by atoms with Crippen LogP contribution < -0.4 is 5.32 Å². The van der Waals surface area contributed by atoms with Gasteiger partial charge in [0.25, 0.3) is 10.0 Å². The zero-order chi connectivity index (χ0) is 23.0. The highest BCUT2D eigenvalue weighted by molar-refractivity contribution is 7.91. The number of ether oxygens (including phenoxy) is 1. The summed E-state index contributed by atoms with van der Waals surface area (Å²) in [6.45, 7) is 4.42. The van der Waals surface area contributed by atoms with E-state index in [2.05, 4.69) is 12.2 Å². The molecule has 0 bridgehead atoms. The first-order valence-corrected chi connectivity index (χ1v) is 14.1. The molecule has 174 valence electrons. The first kappa shape index (κ1) is 23.7. The molecule has 2 aromatic rings. The number of amides is 1. The fraction of sp³-hybridized carbons (Fsp3) is 0.524. The molecular formula is C21H25ClN2O5S3. The van der Waals surface area contributed by atoms with Crippen LogP contribution in [0.2, 0.25) is 4.34 Å². The zero-order valence-electron chi connectivity index (χ0n) is 17.9. The molecule has 1 amide bonds. The summed E-state index contributed by atoms with van der Waals surface area (Å²) in [5.74, 6) is -0.363. The van der Waals surface area contributed by atoms with Crippen LogP contribution in [0.15, 0.2) is 16.3 Å². The van der Waals surface area contributed by atoms with Crippen LogP contribution in [-0.2, 0) is 32.4 Å². The maximum atomic E-state index is 13.2. The average molecular weight is 517 g/mol. The molecule has 11 heteroatoms. The summed E-state index contributed by atoms with van der Waals surface area (Å²) in [7, 11) is -3.83. The van der Waals surface area contributed by atoms with Crippen molar-refractivity contribution in [1.29, 1.82) is 0 Å². The second-order valence-electron chi connectivity index (χ2n) is 8.10. The van der Waals surface area contributed by atoms with E-state index in [9.17, 15) is 18.0 Å². The van der Waals surface area contributed by atoms with Crippen molar-refractivity contribution >= 4 is 61.2 Å². The SMILES string of the molecule is CCOC(=O)c1c(NC(=O)C2CCCN2S(=O)(=O)c2ccc(Cl)s2)sc2c1CCC(C)C2. The Kier molecular flexibility index (Phi) is 6.97. The molecule has 3 heterocycles. The van der Waals surface area contributed by atoms with Gasteiger partial charge in [-0.15, -0.1) is 22.7 Å².